The number of anilines is 1. The van der Waals surface area contributed by atoms with Crippen LogP contribution in [0.15, 0.2) is 16.6 Å². The van der Waals surface area contributed by atoms with E-state index in [9.17, 15) is 9.59 Å². The van der Waals surface area contributed by atoms with Crippen LogP contribution in [0.1, 0.15) is 45.3 Å². The van der Waals surface area contributed by atoms with Crippen molar-refractivity contribution in [3.05, 3.63) is 43.7 Å². The van der Waals surface area contributed by atoms with Gasteiger partial charge < -0.3 is 14.8 Å². The van der Waals surface area contributed by atoms with E-state index in [0.717, 1.165) is 45.3 Å². The Labute approximate surface area is 177 Å². The predicted octanol–water partition coefficient (Wildman–Crippen LogP) is 5.06. The summed E-state index contributed by atoms with van der Waals surface area (Å²) >= 11 is 4.93. The van der Waals surface area contributed by atoms with Gasteiger partial charge in [0.1, 0.15) is 10.8 Å². The molecule has 1 aliphatic carbocycles. The first-order valence-electron chi connectivity index (χ1n) is 9.22. The molecule has 5 nitrogen and oxygen atoms in total. The quantitative estimate of drug-likeness (QED) is 0.626. The normalized spacial score (nSPS) is 15.7. The molecule has 3 rings (SSSR count). The molecule has 1 atom stereocenters. The second-order valence-corrected chi connectivity index (χ2v) is 9.27. The number of carbonyl (C=O) groups is 2. The Kier molecular flexibility index (Phi) is 6.45. The molecule has 28 heavy (non-hydrogen) atoms. The Morgan fingerprint density at radius 1 is 1.29 bits per heavy atom. The van der Waals surface area contributed by atoms with Crippen LogP contribution in [0.2, 0.25) is 0 Å². The zero-order valence-corrected chi connectivity index (χ0v) is 18.9. The van der Waals surface area contributed by atoms with E-state index in [1.807, 2.05) is 26.0 Å². The highest BCUT2D eigenvalue weighted by Gasteiger charge is 2.29. The van der Waals surface area contributed by atoms with Crippen molar-refractivity contribution in [2.24, 2.45) is 5.92 Å². The van der Waals surface area contributed by atoms with Crippen molar-refractivity contribution in [1.29, 1.82) is 0 Å². The van der Waals surface area contributed by atoms with Gasteiger partial charge in [-0.15, -0.1) is 11.3 Å². The highest BCUT2D eigenvalue weighted by Crippen LogP contribution is 2.40. The molecule has 150 valence electrons. The van der Waals surface area contributed by atoms with Gasteiger partial charge in [0.15, 0.2) is 6.61 Å². The maximum Gasteiger partial charge on any atom is 0.341 e. The lowest BCUT2D eigenvalue weighted by molar-refractivity contribution is -0.118. The van der Waals surface area contributed by atoms with E-state index < -0.39 is 5.97 Å². The third kappa shape index (κ3) is 4.41. The van der Waals surface area contributed by atoms with Crippen molar-refractivity contribution in [2.45, 2.75) is 40.0 Å². The maximum absolute atomic E-state index is 12.5. The van der Waals surface area contributed by atoms with Gasteiger partial charge in [0.25, 0.3) is 5.91 Å². The molecule has 0 saturated carbocycles. The summed E-state index contributed by atoms with van der Waals surface area (Å²) in [5, 5.41) is 3.42. The molecule has 1 aliphatic rings. The fourth-order valence-corrected chi connectivity index (χ4v) is 5.68. The monoisotopic (exact) mass is 465 g/mol. The van der Waals surface area contributed by atoms with Crippen molar-refractivity contribution in [3.63, 3.8) is 0 Å². The van der Waals surface area contributed by atoms with E-state index in [1.54, 1.807) is 0 Å². The zero-order valence-electron chi connectivity index (χ0n) is 16.5. The smallest absolute Gasteiger partial charge is 0.341 e. The summed E-state index contributed by atoms with van der Waals surface area (Å²) in [4.78, 5) is 26.0. The van der Waals surface area contributed by atoms with Crippen LogP contribution >= 0.6 is 27.3 Å². The second-order valence-electron chi connectivity index (χ2n) is 7.25. The number of ether oxygens (including phenoxy) is 2. The lowest BCUT2D eigenvalue weighted by Gasteiger charge is -2.18. The largest absolute Gasteiger partial charge is 0.483 e. The molecule has 0 radical (unpaired) electrons. The molecule has 0 fully saturated rings. The molecule has 1 heterocycles. The molecular weight excluding hydrogens is 442 g/mol. The zero-order chi connectivity index (χ0) is 20.4. The van der Waals surface area contributed by atoms with Gasteiger partial charge in [-0.3, -0.25) is 4.79 Å². The fraction of sp³-hybridized carbons (Fsp3) is 0.429. The molecule has 0 saturated heterocycles. The van der Waals surface area contributed by atoms with Gasteiger partial charge >= 0.3 is 5.97 Å². The highest BCUT2D eigenvalue weighted by atomic mass is 79.9. The average Bonchev–Trinajstić information content (AvgIpc) is 2.96. The van der Waals surface area contributed by atoms with Gasteiger partial charge in [0, 0.05) is 9.35 Å². The van der Waals surface area contributed by atoms with Crippen LogP contribution in [0.3, 0.4) is 0 Å². The number of esters is 1. The van der Waals surface area contributed by atoms with Gasteiger partial charge in [0.05, 0.1) is 12.7 Å². The van der Waals surface area contributed by atoms with E-state index in [0.29, 0.717) is 22.2 Å². The molecular formula is C21H24BrNO4S. The number of benzene rings is 1. The van der Waals surface area contributed by atoms with Crippen LogP contribution in [0.4, 0.5) is 5.00 Å². The standard InChI is InChI=1S/C21H24BrNO4S/c1-11-5-6-15-16(7-11)28-20(18(15)21(25)26-4)23-17(24)10-27-19-12(2)8-14(22)9-13(19)3/h8-9,11H,5-7,10H2,1-4H3,(H,23,24)/t11-/m0/s1. The van der Waals surface area contributed by atoms with Crippen LogP contribution in [0, 0.1) is 19.8 Å². The SMILES string of the molecule is COC(=O)c1c(NC(=O)COc2c(C)cc(Br)cc2C)sc2c1CC[C@H](C)C2. The summed E-state index contributed by atoms with van der Waals surface area (Å²) < 4.78 is 11.7. The van der Waals surface area contributed by atoms with E-state index in [4.69, 9.17) is 9.47 Å². The number of methoxy groups -OCH3 is 1. The summed E-state index contributed by atoms with van der Waals surface area (Å²) in [5.41, 5.74) is 3.43. The molecule has 0 bridgehead atoms. The van der Waals surface area contributed by atoms with Gasteiger partial charge in [-0.1, -0.05) is 22.9 Å². The molecule has 1 aromatic carbocycles. The molecule has 0 aliphatic heterocycles. The molecule has 1 N–H and O–H groups in total. The highest BCUT2D eigenvalue weighted by molar-refractivity contribution is 9.10. The molecule has 7 heteroatoms. The second kappa shape index (κ2) is 8.66. The van der Waals surface area contributed by atoms with Gasteiger partial charge in [-0.05, 0) is 67.9 Å². The number of aryl methyl sites for hydroxylation is 2. The van der Waals surface area contributed by atoms with E-state index in [1.165, 1.54) is 18.4 Å². The number of carbonyl (C=O) groups excluding carboxylic acids is 2. The molecule has 1 amide bonds. The Hall–Kier alpha value is -1.86. The summed E-state index contributed by atoms with van der Waals surface area (Å²) in [7, 11) is 1.37. The van der Waals surface area contributed by atoms with Crippen molar-refractivity contribution in [1.82, 2.24) is 0 Å². The number of hydrogen-bond donors (Lipinski definition) is 1. The lowest BCUT2D eigenvalue weighted by Crippen LogP contribution is -2.21. The number of amides is 1. The van der Waals surface area contributed by atoms with Crippen LogP contribution in [-0.2, 0) is 22.4 Å². The summed E-state index contributed by atoms with van der Waals surface area (Å²) in [6, 6.07) is 3.90. The minimum absolute atomic E-state index is 0.122. The first-order chi connectivity index (χ1) is 13.3. The predicted molar refractivity (Wildman–Crippen MR) is 115 cm³/mol. The van der Waals surface area contributed by atoms with Crippen molar-refractivity contribution in [2.75, 3.05) is 19.0 Å². The number of thiophene rings is 1. The van der Waals surface area contributed by atoms with E-state index in [2.05, 4.69) is 28.2 Å². The van der Waals surface area contributed by atoms with E-state index in [-0.39, 0.29) is 12.5 Å². The average molecular weight is 466 g/mol. The topological polar surface area (TPSA) is 64.6 Å². The van der Waals surface area contributed by atoms with E-state index >= 15 is 0 Å². The summed E-state index contributed by atoms with van der Waals surface area (Å²) in [5.74, 6) is 0.583. The van der Waals surface area contributed by atoms with Gasteiger partial charge in [-0.25, -0.2) is 4.79 Å². The Morgan fingerprint density at radius 3 is 2.61 bits per heavy atom. The first kappa shape index (κ1) is 20.9. The number of rotatable bonds is 5. The summed E-state index contributed by atoms with van der Waals surface area (Å²) in [6.07, 6.45) is 2.79. The van der Waals surface area contributed by atoms with Gasteiger partial charge in [-0.2, -0.15) is 0 Å². The molecule has 2 aromatic rings. The third-order valence-electron chi connectivity index (χ3n) is 4.93. The van der Waals surface area contributed by atoms with Crippen LogP contribution < -0.4 is 10.1 Å². The Balaban J connectivity index is 1.76. The lowest BCUT2D eigenvalue weighted by atomic mass is 9.88. The van der Waals surface area contributed by atoms with Crippen molar-refractivity contribution < 1.29 is 19.1 Å². The number of hydrogen-bond acceptors (Lipinski definition) is 5. The maximum atomic E-state index is 12.5. The fourth-order valence-electron chi connectivity index (χ4n) is 3.58. The minimum atomic E-state index is -0.400. The van der Waals surface area contributed by atoms with Crippen LogP contribution in [-0.4, -0.2) is 25.6 Å². The number of halogens is 1. The van der Waals surface area contributed by atoms with Crippen molar-refractivity contribution in [3.8, 4) is 5.75 Å². The Morgan fingerprint density at radius 2 is 1.96 bits per heavy atom. The molecule has 0 unspecified atom stereocenters. The van der Waals surface area contributed by atoms with Crippen molar-refractivity contribution >= 4 is 44.1 Å². The summed E-state index contributed by atoms with van der Waals surface area (Å²) in [6.45, 7) is 5.96. The molecule has 1 aromatic heterocycles. The van der Waals surface area contributed by atoms with Gasteiger partial charge in [0.2, 0.25) is 0 Å². The molecule has 0 spiro atoms. The first-order valence-corrected chi connectivity index (χ1v) is 10.8. The van der Waals surface area contributed by atoms with Crippen LogP contribution in [0.25, 0.3) is 0 Å². The van der Waals surface area contributed by atoms with Crippen LogP contribution in [0.5, 0.6) is 5.75 Å². The Bertz CT molecular complexity index is 898. The minimum Gasteiger partial charge on any atom is -0.483 e. The third-order valence-corrected chi connectivity index (χ3v) is 6.55. The number of nitrogens with one attached hydrogen (secondary N) is 1. The number of fused-ring (bicyclic) bond motifs is 1.